The van der Waals surface area contributed by atoms with Gasteiger partial charge in [0, 0.05) is 30.1 Å². The summed E-state index contributed by atoms with van der Waals surface area (Å²) >= 11 is 0. The minimum absolute atomic E-state index is 0.0204. The quantitative estimate of drug-likeness (QED) is 0.641. The largest absolute Gasteiger partial charge is 0.486 e. The van der Waals surface area contributed by atoms with Gasteiger partial charge in [-0.05, 0) is 60.9 Å². The lowest BCUT2D eigenvalue weighted by atomic mass is 10.0. The van der Waals surface area contributed by atoms with Crippen molar-refractivity contribution >= 4 is 17.5 Å². The van der Waals surface area contributed by atoms with Gasteiger partial charge in [-0.15, -0.1) is 0 Å². The van der Waals surface area contributed by atoms with Crippen molar-refractivity contribution in [2.45, 2.75) is 18.9 Å². The number of fused-ring (bicyclic) bond motifs is 1. The molecule has 0 aliphatic carbocycles. The Hall–Kier alpha value is -4.07. The molecule has 0 spiro atoms. The van der Waals surface area contributed by atoms with E-state index in [2.05, 4.69) is 10.3 Å². The zero-order chi connectivity index (χ0) is 22.8. The molecular formula is C25H23N3O5. The fraction of sp³-hybridized carbons (Fsp3) is 0.240. The summed E-state index contributed by atoms with van der Waals surface area (Å²) in [6.45, 7) is 1.75. The van der Waals surface area contributed by atoms with Crippen molar-refractivity contribution in [1.82, 2.24) is 9.88 Å². The first kappa shape index (κ1) is 20.8. The molecule has 2 aliphatic heterocycles. The summed E-state index contributed by atoms with van der Waals surface area (Å²) in [5.74, 6) is 1.07. The monoisotopic (exact) mass is 445 g/mol. The van der Waals surface area contributed by atoms with Crippen molar-refractivity contribution in [2.75, 3.05) is 25.1 Å². The molecule has 33 heavy (non-hydrogen) atoms. The summed E-state index contributed by atoms with van der Waals surface area (Å²) in [7, 11) is 0. The van der Waals surface area contributed by atoms with Crippen LogP contribution in [0.5, 0.6) is 11.5 Å². The van der Waals surface area contributed by atoms with E-state index in [1.165, 1.54) is 18.3 Å². The van der Waals surface area contributed by atoms with Crippen molar-refractivity contribution in [3.63, 3.8) is 0 Å². The van der Waals surface area contributed by atoms with E-state index in [0.717, 1.165) is 29.9 Å². The van der Waals surface area contributed by atoms with Gasteiger partial charge >= 0.3 is 0 Å². The van der Waals surface area contributed by atoms with Gasteiger partial charge in [0.25, 0.3) is 11.8 Å². The predicted molar refractivity (Wildman–Crippen MR) is 122 cm³/mol. The molecule has 1 aromatic heterocycles. The van der Waals surface area contributed by atoms with Crippen LogP contribution in [-0.2, 0) is 0 Å². The molecule has 1 atom stereocenters. The predicted octanol–water partition coefficient (Wildman–Crippen LogP) is 3.38. The number of carbonyl (C=O) groups excluding carboxylic acids is 2. The summed E-state index contributed by atoms with van der Waals surface area (Å²) < 4.78 is 11.3. The third-order valence-corrected chi connectivity index (χ3v) is 5.90. The molecule has 8 nitrogen and oxygen atoms in total. The highest BCUT2D eigenvalue weighted by molar-refractivity contribution is 6.04. The number of likely N-dealkylation sites (tertiary alicyclic amines) is 1. The van der Waals surface area contributed by atoms with Gasteiger partial charge in [0.1, 0.15) is 13.2 Å². The van der Waals surface area contributed by atoms with Gasteiger partial charge in [-0.3, -0.25) is 14.4 Å². The Balaban J connectivity index is 1.29. The first-order chi connectivity index (χ1) is 16.1. The second-order valence-corrected chi connectivity index (χ2v) is 8.03. The lowest BCUT2D eigenvalue weighted by Crippen LogP contribution is -2.30. The smallest absolute Gasteiger partial charge is 0.257 e. The van der Waals surface area contributed by atoms with Crippen molar-refractivity contribution < 1.29 is 19.1 Å². The summed E-state index contributed by atoms with van der Waals surface area (Å²) in [4.78, 5) is 41.1. The number of aromatic nitrogens is 1. The maximum atomic E-state index is 13.3. The van der Waals surface area contributed by atoms with Gasteiger partial charge in [0.2, 0.25) is 5.56 Å². The van der Waals surface area contributed by atoms with Crippen LogP contribution in [0.4, 0.5) is 5.69 Å². The number of amides is 2. The standard InChI is InChI=1S/C25H23N3O5/c29-23-10-6-18(15-26-23)24(30)27-19-7-3-16(4-8-19)25(31)28-11-1-2-20(28)17-5-9-21-22(14-17)33-13-12-32-21/h3-10,14-15,20H,1-2,11-13H2,(H,26,29)(H,27,30). The maximum Gasteiger partial charge on any atom is 0.257 e. The second-order valence-electron chi connectivity index (χ2n) is 8.03. The van der Waals surface area contributed by atoms with Gasteiger partial charge in [-0.2, -0.15) is 0 Å². The molecule has 8 heteroatoms. The lowest BCUT2D eigenvalue weighted by Gasteiger charge is -2.27. The topological polar surface area (TPSA) is 101 Å². The minimum atomic E-state index is -0.344. The molecule has 3 aromatic rings. The molecule has 1 saturated heterocycles. The number of pyridine rings is 1. The van der Waals surface area contributed by atoms with Gasteiger partial charge in [0.05, 0.1) is 11.6 Å². The average Bonchev–Trinajstić information content (AvgIpc) is 3.34. The highest BCUT2D eigenvalue weighted by Gasteiger charge is 2.31. The molecule has 2 N–H and O–H groups in total. The van der Waals surface area contributed by atoms with Crippen molar-refractivity contribution in [1.29, 1.82) is 0 Å². The highest BCUT2D eigenvalue weighted by atomic mass is 16.6. The normalized spacial score (nSPS) is 17.0. The third kappa shape index (κ3) is 4.32. The van der Waals surface area contributed by atoms with E-state index < -0.39 is 0 Å². The van der Waals surface area contributed by atoms with Crippen molar-refractivity contribution in [3.05, 3.63) is 87.8 Å². The molecule has 1 unspecified atom stereocenters. The Bertz CT molecular complexity index is 1230. The van der Waals surface area contributed by atoms with E-state index in [9.17, 15) is 14.4 Å². The summed E-state index contributed by atoms with van der Waals surface area (Å²) in [6, 6.07) is 15.4. The van der Waals surface area contributed by atoms with E-state index >= 15 is 0 Å². The van der Waals surface area contributed by atoms with E-state index in [1.54, 1.807) is 24.3 Å². The average molecular weight is 445 g/mol. The number of H-pyrrole nitrogens is 1. The Morgan fingerprint density at radius 2 is 1.70 bits per heavy atom. The second kappa shape index (κ2) is 8.82. The fourth-order valence-electron chi connectivity index (χ4n) is 4.24. The van der Waals surface area contributed by atoms with Gasteiger partial charge < -0.3 is 24.7 Å². The van der Waals surface area contributed by atoms with E-state index in [-0.39, 0.29) is 23.4 Å². The Kier molecular flexibility index (Phi) is 5.56. The minimum Gasteiger partial charge on any atom is -0.486 e. The molecule has 1 fully saturated rings. The van der Waals surface area contributed by atoms with Crippen LogP contribution >= 0.6 is 0 Å². The zero-order valence-corrected chi connectivity index (χ0v) is 17.9. The molecule has 0 saturated carbocycles. The van der Waals surface area contributed by atoms with E-state index in [0.29, 0.717) is 36.6 Å². The third-order valence-electron chi connectivity index (χ3n) is 5.90. The summed E-state index contributed by atoms with van der Waals surface area (Å²) in [6.07, 6.45) is 3.18. The first-order valence-electron chi connectivity index (χ1n) is 10.9. The van der Waals surface area contributed by atoms with Gasteiger partial charge in [-0.25, -0.2) is 0 Å². The van der Waals surface area contributed by atoms with Gasteiger partial charge in [0.15, 0.2) is 11.5 Å². The number of anilines is 1. The van der Waals surface area contributed by atoms with Crippen molar-refractivity contribution in [3.8, 4) is 11.5 Å². The zero-order valence-electron chi connectivity index (χ0n) is 17.9. The van der Waals surface area contributed by atoms with Crippen LogP contribution in [0.3, 0.4) is 0 Å². The number of benzene rings is 2. The molecule has 2 aliphatic rings. The number of hydrogen-bond acceptors (Lipinski definition) is 5. The first-order valence-corrected chi connectivity index (χ1v) is 10.9. The Morgan fingerprint density at radius 1 is 0.939 bits per heavy atom. The number of nitrogens with one attached hydrogen (secondary N) is 2. The molecule has 168 valence electrons. The Morgan fingerprint density at radius 3 is 2.45 bits per heavy atom. The molecule has 5 rings (SSSR count). The van der Waals surface area contributed by atoms with E-state index in [4.69, 9.17) is 9.47 Å². The molecule has 2 amide bonds. The molecule has 2 aromatic carbocycles. The van der Waals surface area contributed by atoms with Crippen LogP contribution in [0.1, 0.15) is 45.2 Å². The molecule has 3 heterocycles. The lowest BCUT2D eigenvalue weighted by molar-refractivity contribution is 0.0735. The van der Waals surface area contributed by atoms with Crippen molar-refractivity contribution in [2.24, 2.45) is 0 Å². The van der Waals surface area contributed by atoms with E-state index in [1.807, 2.05) is 23.1 Å². The fourth-order valence-corrected chi connectivity index (χ4v) is 4.24. The summed E-state index contributed by atoms with van der Waals surface area (Å²) in [5, 5.41) is 2.77. The number of aromatic amines is 1. The molecular weight excluding hydrogens is 422 g/mol. The number of ether oxygens (including phenoxy) is 2. The highest BCUT2D eigenvalue weighted by Crippen LogP contribution is 2.38. The van der Waals surface area contributed by atoms with Crippen LogP contribution in [0, 0.1) is 0 Å². The number of nitrogens with zero attached hydrogens (tertiary/aromatic N) is 1. The van der Waals surface area contributed by atoms with Crippen LogP contribution < -0.4 is 20.3 Å². The SMILES string of the molecule is O=C(Nc1ccc(C(=O)N2CCCC2c2ccc3c(c2)OCCO3)cc1)c1ccc(=O)[nH]c1. The molecule has 0 bridgehead atoms. The maximum absolute atomic E-state index is 13.3. The Labute approximate surface area is 190 Å². The number of hydrogen-bond donors (Lipinski definition) is 2. The van der Waals surface area contributed by atoms with Crippen LogP contribution in [0.25, 0.3) is 0 Å². The summed E-state index contributed by atoms with van der Waals surface area (Å²) in [5.41, 5.74) is 2.23. The molecule has 0 radical (unpaired) electrons. The van der Waals surface area contributed by atoms with Crippen LogP contribution in [-0.4, -0.2) is 41.5 Å². The van der Waals surface area contributed by atoms with Crippen LogP contribution in [0.15, 0.2) is 65.6 Å². The number of rotatable bonds is 4. The van der Waals surface area contributed by atoms with Crippen LogP contribution in [0.2, 0.25) is 0 Å². The number of carbonyl (C=O) groups is 2. The van der Waals surface area contributed by atoms with Gasteiger partial charge in [-0.1, -0.05) is 6.07 Å².